The summed E-state index contributed by atoms with van der Waals surface area (Å²) in [6.45, 7) is 7.22. The van der Waals surface area contributed by atoms with Crippen molar-refractivity contribution in [3.8, 4) is 0 Å². The molecular weight excluding hydrogens is 162 g/mol. The van der Waals surface area contributed by atoms with Gasteiger partial charge in [0.15, 0.2) is 0 Å². The van der Waals surface area contributed by atoms with E-state index >= 15 is 0 Å². The van der Waals surface area contributed by atoms with Gasteiger partial charge < -0.3 is 10.5 Å². The van der Waals surface area contributed by atoms with Gasteiger partial charge in [-0.15, -0.1) is 0 Å². The lowest BCUT2D eigenvalue weighted by Gasteiger charge is -2.42. The first-order valence-electron chi connectivity index (χ1n) is 5.50. The molecule has 1 saturated carbocycles. The summed E-state index contributed by atoms with van der Waals surface area (Å²) < 4.78 is 5.88. The van der Waals surface area contributed by atoms with Crippen molar-refractivity contribution in [2.24, 2.45) is 11.7 Å². The van der Waals surface area contributed by atoms with Crippen LogP contribution < -0.4 is 5.73 Å². The second-order valence-corrected chi connectivity index (χ2v) is 4.49. The Morgan fingerprint density at radius 2 is 2.31 bits per heavy atom. The van der Waals surface area contributed by atoms with Crippen molar-refractivity contribution in [2.75, 3.05) is 6.61 Å². The van der Waals surface area contributed by atoms with E-state index in [1.54, 1.807) is 0 Å². The van der Waals surface area contributed by atoms with Gasteiger partial charge in [-0.25, -0.2) is 0 Å². The van der Waals surface area contributed by atoms with Crippen LogP contribution in [0.4, 0.5) is 0 Å². The van der Waals surface area contributed by atoms with Crippen LogP contribution in [0.25, 0.3) is 0 Å². The molecule has 1 aliphatic carbocycles. The average Bonchev–Trinajstić information content (AvgIpc) is 2.04. The Labute approximate surface area is 81.8 Å². The Kier molecular flexibility index (Phi) is 3.74. The number of ether oxygens (including phenoxy) is 1. The molecule has 0 saturated heterocycles. The van der Waals surface area contributed by atoms with Gasteiger partial charge >= 0.3 is 0 Å². The molecule has 2 N–H and O–H groups in total. The van der Waals surface area contributed by atoms with Gasteiger partial charge in [-0.05, 0) is 32.6 Å². The third-order valence-corrected chi connectivity index (χ3v) is 3.25. The standard InChI is InChI=1S/C11H23NO/c1-4-13-11(10(3)12)7-5-6-9(2)8-11/h9-10H,4-8,12H2,1-3H3/t9?,10-,11?/m1/s1. The zero-order chi connectivity index (χ0) is 9.90. The van der Waals surface area contributed by atoms with Crippen molar-refractivity contribution in [2.45, 2.75) is 58.1 Å². The molecule has 2 unspecified atom stereocenters. The third kappa shape index (κ3) is 2.44. The van der Waals surface area contributed by atoms with Crippen LogP contribution in [0, 0.1) is 5.92 Å². The first-order chi connectivity index (χ1) is 6.10. The summed E-state index contributed by atoms with van der Waals surface area (Å²) in [7, 11) is 0. The number of rotatable bonds is 3. The number of hydrogen-bond donors (Lipinski definition) is 1. The van der Waals surface area contributed by atoms with Gasteiger partial charge in [0.2, 0.25) is 0 Å². The Balaban J connectivity index is 2.64. The monoisotopic (exact) mass is 185 g/mol. The molecule has 0 aromatic rings. The minimum Gasteiger partial charge on any atom is -0.374 e. The highest BCUT2D eigenvalue weighted by Crippen LogP contribution is 2.36. The fraction of sp³-hybridized carbons (Fsp3) is 1.00. The molecule has 78 valence electrons. The van der Waals surface area contributed by atoms with Gasteiger partial charge in [-0.2, -0.15) is 0 Å². The Morgan fingerprint density at radius 3 is 2.77 bits per heavy atom. The summed E-state index contributed by atoms with van der Waals surface area (Å²) in [6.07, 6.45) is 4.88. The van der Waals surface area contributed by atoms with Crippen molar-refractivity contribution in [1.29, 1.82) is 0 Å². The fourth-order valence-electron chi connectivity index (χ4n) is 2.51. The third-order valence-electron chi connectivity index (χ3n) is 3.25. The largest absolute Gasteiger partial charge is 0.374 e. The van der Waals surface area contributed by atoms with Crippen LogP contribution in [0.3, 0.4) is 0 Å². The van der Waals surface area contributed by atoms with Gasteiger partial charge in [-0.1, -0.05) is 19.8 Å². The molecule has 1 rings (SSSR count). The maximum Gasteiger partial charge on any atom is 0.0832 e. The van der Waals surface area contributed by atoms with E-state index < -0.39 is 0 Å². The molecule has 2 heteroatoms. The summed E-state index contributed by atoms with van der Waals surface area (Å²) in [5.74, 6) is 0.770. The molecule has 0 radical (unpaired) electrons. The van der Waals surface area contributed by atoms with Gasteiger partial charge in [0.25, 0.3) is 0 Å². The zero-order valence-corrected chi connectivity index (χ0v) is 9.18. The van der Waals surface area contributed by atoms with Crippen LogP contribution in [-0.2, 0) is 4.74 Å². The normalized spacial score (nSPS) is 37.4. The molecular formula is C11H23NO. The topological polar surface area (TPSA) is 35.2 Å². The molecule has 13 heavy (non-hydrogen) atoms. The highest BCUT2D eigenvalue weighted by atomic mass is 16.5. The SMILES string of the molecule is CCOC1([C@@H](C)N)CCCC(C)C1. The van der Waals surface area contributed by atoms with Crippen LogP contribution in [0.15, 0.2) is 0 Å². The molecule has 0 aromatic carbocycles. The Hall–Kier alpha value is -0.0800. The van der Waals surface area contributed by atoms with Crippen LogP contribution in [0.1, 0.15) is 46.5 Å². The lowest BCUT2D eigenvalue weighted by molar-refractivity contribution is -0.0891. The fourth-order valence-corrected chi connectivity index (χ4v) is 2.51. The molecule has 1 aliphatic rings. The summed E-state index contributed by atoms with van der Waals surface area (Å²) in [4.78, 5) is 0. The maximum atomic E-state index is 6.03. The van der Waals surface area contributed by atoms with Crippen molar-refractivity contribution in [3.63, 3.8) is 0 Å². The van der Waals surface area contributed by atoms with Crippen molar-refractivity contribution in [3.05, 3.63) is 0 Å². The molecule has 3 atom stereocenters. The molecule has 0 aliphatic heterocycles. The van der Waals surface area contributed by atoms with Crippen LogP contribution in [-0.4, -0.2) is 18.2 Å². The number of nitrogens with two attached hydrogens (primary N) is 1. The maximum absolute atomic E-state index is 6.03. The molecule has 0 spiro atoms. The lowest BCUT2D eigenvalue weighted by Crippen LogP contribution is -2.51. The van der Waals surface area contributed by atoms with E-state index in [0.717, 1.165) is 25.4 Å². The Morgan fingerprint density at radius 1 is 1.62 bits per heavy atom. The summed E-state index contributed by atoms with van der Waals surface area (Å²) in [5, 5.41) is 0. The molecule has 0 amide bonds. The van der Waals surface area contributed by atoms with E-state index in [0.29, 0.717) is 0 Å². The quantitative estimate of drug-likeness (QED) is 0.732. The van der Waals surface area contributed by atoms with Gasteiger partial charge in [0.05, 0.1) is 5.60 Å². The van der Waals surface area contributed by atoms with E-state index in [4.69, 9.17) is 10.5 Å². The number of hydrogen-bond acceptors (Lipinski definition) is 2. The highest BCUT2D eigenvalue weighted by Gasteiger charge is 2.38. The van der Waals surface area contributed by atoms with Gasteiger partial charge in [0.1, 0.15) is 0 Å². The van der Waals surface area contributed by atoms with Crippen LogP contribution in [0.2, 0.25) is 0 Å². The van der Waals surface area contributed by atoms with E-state index in [-0.39, 0.29) is 11.6 Å². The molecule has 0 heterocycles. The predicted octanol–water partition coefficient (Wildman–Crippen LogP) is 2.32. The second-order valence-electron chi connectivity index (χ2n) is 4.49. The zero-order valence-electron chi connectivity index (χ0n) is 9.18. The van der Waals surface area contributed by atoms with E-state index in [1.807, 2.05) is 0 Å². The predicted molar refractivity (Wildman–Crippen MR) is 55.6 cm³/mol. The minimum atomic E-state index is -0.0214. The molecule has 0 aromatic heterocycles. The van der Waals surface area contributed by atoms with Crippen LogP contribution >= 0.6 is 0 Å². The highest BCUT2D eigenvalue weighted by molar-refractivity contribution is 4.93. The van der Waals surface area contributed by atoms with Gasteiger partial charge in [0, 0.05) is 12.6 Å². The summed E-state index contributed by atoms with van der Waals surface area (Å²) in [6, 6.07) is 0.162. The molecule has 1 fully saturated rings. The smallest absolute Gasteiger partial charge is 0.0832 e. The second kappa shape index (κ2) is 4.43. The van der Waals surface area contributed by atoms with E-state index in [2.05, 4.69) is 20.8 Å². The first kappa shape index (κ1) is 11.0. The van der Waals surface area contributed by atoms with Crippen molar-refractivity contribution in [1.82, 2.24) is 0 Å². The van der Waals surface area contributed by atoms with Crippen LogP contribution in [0.5, 0.6) is 0 Å². The van der Waals surface area contributed by atoms with Gasteiger partial charge in [-0.3, -0.25) is 0 Å². The first-order valence-corrected chi connectivity index (χ1v) is 5.50. The lowest BCUT2D eigenvalue weighted by atomic mass is 9.75. The summed E-state index contributed by atoms with van der Waals surface area (Å²) in [5.41, 5.74) is 6.00. The molecule has 2 nitrogen and oxygen atoms in total. The van der Waals surface area contributed by atoms with Crippen molar-refractivity contribution >= 4 is 0 Å². The Bertz CT molecular complexity index is 154. The van der Waals surface area contributed by atoms with E-state index in [9.17, 15) is 0 Å². The summed E-state index contributed by atoms with van der Waals surface area (Å²) >= 11 is 0. The van der Waals surface area contributed by atoms with E-state index in [1.165, 1.54) is 12.8 Å². The molecule has 0 bridgehead atoms. The van der Waals surface area contributed by atoms with Crippen molar-refractivity contribution < 1.29 is 4.74 Å². The average molecular weight is 185 g/mol. The minimum absolute atomic E-state index is 0.0214.